The molecule has 0 aliphatic rings. The van der Waals surface area contributed by atoms with Crippen LogP contribution in [-0.4, -0.2) is 4.92 Å². The Labute approximate surface area is 127 Å². The highest BCUT2D eigenvalue weighted by Gasteiger charge is 2.18. The number of thiophene rings is 1. The third-order valence-electron chi connectivity index (χ3n) is 2.57. The average molecular weight is 362 g/mol. The van der Waals surface area contributed by atoms with Crippen molar-refractivity contribution in [3.05, 3.63) is 54.1 Å². The standard InChI is InChI=1S/C12H10BrClN2O2S/c1-7(12-9(13)4-5-19-12)15-10-6-8(14)2-3-11(10)16(17)18/h2-7,15H,1H3. The van der Waals surface area contributed by atoms with Gasteiger partial charge in [0.1, 0.15) is 5.69 Å². The normalized spacial score (nSPS) is 12.2. The molecule has 1 N–H and O–H groups in total. The number of benzene rings is 1. The molecule has 0 spiro atoms. The molecule has 0 amide bonds. The maximum Gasteiger partial charge on any atom is 0.292 e. The van der Waals surface area contributed by atoms with Gasteiger partial charge in [-0.3, -0.25) is 10.1 Å². The maximum atomic E-state index is 11.0. The third-order valence-corrected chi connectivity index (χ3v) is 4.85. The number of halogens is 2. The molecule has 100 valence electrons. The summed E-state index contributed by atoms with van der Waals surface area (Å²) in [5.74, 6) is 0. The largest absolute Gasteiger partial charge is 0.372 e. The van der Waals surface area contributed by atoms with E-state index in [1.165, 1.54) is 12.1 Å². The van der Waals surface area contributed by atoms with Crippen LogP contribution in [0.25, 0.3) is 0 Å². The second-order valence-electron chi connectivity index (χ2n) is 3.92. The molecular weight excluding hydrogens is 352 g/mol. The summed E-state index contributed by atoms with van der Waals surface area (Å²) in [5.41, 5.74) is 0.439. The second-order valence-corrected chi connectivity index (χ2v) is 6.16. The zero-order chi connectivity index (χ0) is 14.0. The van der Waals surface area contributed by atoms with E-state index in [0.29, 0.717) is 10.7 Å². The van der Waals surface area contributed by atoms with E-state index in [1.54, 1.807) is 17.4 Å². The Balaban J connectivity index is 2.30. The van der Waals surface area contributed by atoms with Gasteiger partial charge >= 0.3 is 0 Å². The van der Waals surface area contributed by atoms with Crippen LogP contribution in [0.3, 0.4) is 0 Å². The monoisotopic (exact) mass is 360 g/mol. The lowest BCUT2D eigenvalue weighted by atomic mass is 10.2. The summed E-state index contributed by atoms with van der Waals surface area (Å²) < 4.78 is 0.988. The van der Waals surface area contributed by atoms with Gasteiger partial charge in [-0.2, -0.15) is 0 Å². The minimum Gasteiger partial charge on any atom is -0.372 e. The highest BCUT2D eigenvalue weighted by atomic mass is 79.9. The first-order valence-corrected chi connectivity index (χ1v) is 7.47. The molecule has 7 heteroatoms. The molecule has 4 nitrogen and oxygen atoms in total. The summed E-state index contributed by atoms with van der Waals surface area (Å²) in [6.45, 7) is 1.95. The fourth-order valence-electron chi connectivity index (χ4n) is 1.70. The number of nitro benzene ring substituents is 1. The lowest BCUT2D eigenvalue weighted by Gasteiger charge is -2.14. The van der Waals surface area contributed by atoms with Gasteiger partial charge in [0.05, 0.1) is 11.0 Å². The van der Waals surface area contributed by atoms with E-state index in [9.17, 15) is 10.1 Å². The first kappa shape index (κ1) is 14.3. The van der Waals surface area contributed by atoms with Crippen molar-refractivity contribution in [3.8, 4) is 0 Å². The number of hydrogen-bond acceptors (Lipinski definition) is 4. The van der Waals surface area contributed by atoms with Gasteiger partial charge < -0.3 is 5.32 Å². The molecule has 2 aromatic rings. The van der Waals surface area contributed by atoms with Crippen LogP contribution >= 0.6 is 38.9 Å². The molecule has 0 saturated carbocycles. The number of nitrogens with zero attached hydrogens (tertiary/aromatic N) is 1. The van der Waals surface area contributed by atoms with E-state index in [0.717, 1.165) is 9.35 Å². The van der Waals surface area contributed by atoms with E-state index >= 15 is 0 Å². The fourth-order valence-corrected chi connectivity index (χ4v) is 3.59. The van der Waals surface area contributed by atoms with Crippen molar-refractivity contribution >= 4 is 50.2 Å². The molecule has 2 rings (SSSR count). The minimum absolute atomic E-state index is 0.0175. The predicted molar refractivity (Wildman–Crippen MR) is 82.2 cm³/mol. The smallest absolute Gasteiger partial charge is 0.292 e. The number of anilines is 1. The highest BCUT2D eigenvalue weighted by Crippen LogP contribution is 2.34. The number of rotatable bonds is 4. The number of nitrogens with one attached hydrogen (secondary N) is 1. The molecule has 19 heavy (non-hydrogen) atoms. The van der Waals surface area contributed by atoms with Gasteiger partial charge in [0.2, 0.25) is 0 Å². The molecule has 1 aromatic heterocycles. The Hall–Kier alpha value is -1.11. The summed E-state index contributed by atoms with van der Waals surface area (Å²) in [6, 6.07) is 6.38. The van der Waals surface area contributed by atoms with Gasteiger partial charge in [-0.1, -0.05) is 11.6 Å². The van der Waals surface area contributed by atoms with Gasteiger partial charge in [-0.05, 0) is 46.4 Å². The molecule has 0 radical (unpaired) electrons. The van der Waals surface area contributed by atoms with Crippen molar-refractivity contribution in [2.75, 3.05) is 5.32 Å². The number of hydrogen-bond donors (Lipinski definition) is 1. The second kappa shape index (κ2) is 5.90. The van der Waals surface area contributed by atoms with Gasteiger partial charge in [0, 0.05) is 20.4 Å². The minimum atomic E-state index is -0.422. The molecule has 0 aliphatic heterocycles. The van der Waals surface area contributed by atoms with Crippen molar-refractivity contribution in [1.82, 2.24) is 0 Å². The quantitative estimate of drug-likeness (QED) is 0.598. The predicted octanol–water partition coefficient (Wildman–Crippen LogP) is 5.25. The zero-order valence-corrected chi connectivity index (χ0v) is 13.1. The topological polar surface area (TPSA) is 55.2 Å². The van der Waals surface area contributed by atoms with Gasteiger partial charge in [-0.25, -0.2) is 0 Å². The zero-order valence-electron chi connectivity index (χ0n) is 9.89. The van der Waals surface area contributed by atoms with E-state index in [-0.39, 0.29) is 11.7 Å². The summed E-state index contributed by atoms with van der Waals surface area (Å²) in [7, 11) is 0. The summed E-state index contributed by atoms with van der Waals surface area (Å²) in [4.78, 5) is 11.6. The highest BCUT2D eigenvalue weighted by molar-refractivity contribution is 9.10. The van der Waals surface area contributed by atoms with Crippen LogP contribution in [0, 0.1) is 10.1 Å². The van der Waals surface area contributed by atoms with Gasteiger partial charge in [-0.15, -0.1) is 11.3 Å². The fraction of sp³-hybridized carbons (Fsp3) is 0.167. The molecule has 0 bridgehead atoms. The molecule has 0 fully saturated rings. The van der Waals surface area contributed by atoms with Crippen LogP contribution in [-0.2, 0) is 0 Å². The lowest BCUT2D eigenvalue weighted by Crippen LogP contribution is -2.07. The van der Waals surface area contributed by atoms with E-state index in [1.807, 2.05) is 18.4 Å². The molecular formula is C12H10BrClN2O2S. The van der Waals surface area contributed by atoms with E-state index in [4.69, 9.17) is 11.6 Å². The van der Waals surface area contributed by atoms with Crippen LogP contribution < -0.4 is 5.32 Å². The van der Waals surface area contributed by atoms with Crippen LogP contribution in [0.2, 0.25) is 5.02 Å². The Morgan fingerprint density at radius 3 is 2.79 bits per heavy atom. The van der Waals surface area contributed by atoms with Crippen LogP contribution in [0.5, 0.6) is 0 Å². The maximum absolute atomic E-state index is 11.0. The van der Waals surface area contributed by atoms with Crippen LogP contribution in [0.15, 0.2) is 34.1 Å². The molecule has 0 saturated heterocycles. The van der Waals surface area contributed by atoms with Crippen molar-refractivity contribution < 1.29 is 4.92 Å². The van der Waals surface area contributed by atoms with E-state index in [2.05, 4.69) is 21.2 Å². The lowest BCUT2D eigenvalue weighted by molar-refractivity contribution is -0.384. The third kappa shape index (κ3) is 3.26. The SMILES string of the molecule is CC(Nc1cc(Cl)ccc1[N+](=O)[O-])c1sccc1Br. The Morgan fingerprint density at radius 1 is 1.47 bits per heavy atom. The van der Waals surface area contributed by atoms with Crippen molar-refractivity contribution in [1.29, 1.82) is 0 Å². The summed E-state index contributed by atoms with van der Waals surface area (Å²) >= 11 is 10.9. The van der Waals surface area contributed by atoms with Crippen molar-refractivity contribution in [2.45, 2.75) is 13.0 Å². The Bertz CT molecular complexity index is 618. The van der Waals surface area contributed by atoms with Crippen molar-refractivity contribution in [2.24, 2.45) is 0 Å². The van der Waals surface area contributed by atoms with Crippen LogP contribution in [0.4, 0.5) is 11.4 Å². The average Bonchev–Trinajstić information content (AvgIpc) is 2.75. The molecule has 1 atom stereocenters. The summed E-state index contributed by atoms with van der Waals surface area (Å²) in [6.07, 6.45) is 0. The molecule has 1 heterocycles. The summed E-state index contributed by atoms with van der Waals surface area (Å²) in [5, 5.41) is 16.5. The van der Waals surface area contributed by atoms with Gasteiger partial charge in [0.15, 0.2) is 0 Å². The molecule has 1 unspecified atom stereocenters. The Morgan fingerprint density at radius 2 is 2.21 bits per heavy atom. The molecule has 0 aliphatic carbocycles. The Kier molecular flexibility index (Phi) is 4.44. The number of nitro groups is 1. The van der Waals surface area contributed by atoms with E-state index < -0.39 is 4.92 Å². The first-order chi connectivity index (χ1) is 8.99. The molecule has 1 aromatic carbocycles. The van der Waals surface area contributed by atoms with Crippen molar-refractivity contribution in [3.63, 3.8) is 0 Å². The first-order valence-electron chi connectivity index (χ1n) is 5.42. The van der Waals surface area contributed by atoms with Gasteiger partial charge in [0.25, 0.3) is 5.69 Å². The van der Waals surface area contributed by atoms with Crippen LogP contribution in [0.1, 0.15) is 17.8 Å².